The van der Waals surface area contributed by atoms with Gasteiger partial charge in [-0.3, -0.25) is 14.4 Å². The van der Waals surface area contributed by atoms with Crippen molar-refractivity contribution in [3.63, 3.8) is 0 Å². The van der Waals surface area contributed by atoms with E-state index in [2.05, 4.69) is 31.0 Å². The summed E-state index contributed by atoms with van der Waals surface area (Å²) in [5, 5.41) is 21.0. The third-order valence-corrected chi connectivity index (χ3v) is 7.58. The quantitative estimate of drug-likeness (QED) is 0.365. The Morgan fingerprint density at radius 1 is 1.18 bits per heavy atom. The standard InChI is InChI=1S/C26H31F5N8O/c27-25(28)11-5-12-38(16-25)13-10-17(14-23-33-36-37-34-23)32-24(40)21-15-22(39(35-21)18-6-1-2-7-18)19-8-3-4-9-20(19)26(29,30)31/h3-4,8-9,15,17-18H,1-2,5-7,10-14,16H2,(H,32,40)(H,33,34,36,37)/t17-/m0/s1. The van der Waals surface area contributed by atoms with Crippen molar-refractivity contribution in [2.24, 2.45) is 0 Å². The molecule has 1 aliphatic heterocycles. The second-order valence-corrected chi connectivity index (χ2v) is 10.6. The van der Waals surface area contributed by atoms with E-state index in [0.29, 0.717) is 31.8 Å². The third kappa shape index (κ3) is 6.65. The maximum absolute atomic E-state index is 13.9. The number of amides is 1. The van der Waals surface area contributed by atoms with Crippen LogP contribution in [0, 0.1) is 0 Å². The molecule has 1 aliphatic carbocycles. The Kier molecular flexibility index (Phi) is 8.15. The van der Waals surface area contributed by atoms with Crippen LogP contribution < -0.4 is 5.32 Å². The van der Waals surface area contributed by atoms with Gasteiger partial charge in [-0.05, 0) is 54.8 Å². The molecule has 5 rings (SSSR count). The number of likely N-dealkylation sites (tertiary alicyclic amines) is 1. The molecule has 2 aromatic heterocycles. The number of nitrogens with one attached hydrogen (secondary N) is 2. The molecule has 0 radical (unpaired) electrons. The average molecular weight is 567 g/mol. The minimum Gasteiger partial charge on any atom is -0.347 e. The second kappa shape index (κ2) is 11.6. The summed E-state index contributed by atoms with van der Waals surface area (Å²) >= 11 is 0. The minimum absolute atomic E-state index is 0.0101. The van der Waals surface area contributed by atoms with Gasteiger partial charge in [0.05, 0.1) is 23.8 Å². The van der Waals surface area contributed by atoms with Crippen molar-refractivity contribution in [1.29, 1.82) is 0 Å². The molecule has 216 valence electrons. The monoisotopic (exact) mass is 566 g/mol. The molecule has 40 heavy (non-hydrogen) atoms. The molecule has 3 aromatic rings. The number of carbonyl (C=O) groups excluding carboxylic acids is 1. The molecule has 1 amide bonds. The molecule has 0 spiro atoms. The van der Waals surface area contributed by atoms with Crippen LogP contribution in [0.2, 0.25) is 0 Å². The number of rotatable bonds is 9. The molecule has 14 heteroatoms. The lowest BCUT2D eigenvalue weighted by Crippen LogP contribution is -2.45. The molecule has 2 aliphatic rings. The summed E-state index contributed by atoms with van der Waals surface area (Å²) < 4.78 is 71.0. The van der Waals surface area contributed by atoms with Crippen LogP contribution in [0.4, 0.5) is 22.0 Å². The molecule has 1 saturated heterocycles. The largest absolute Gasteiger partial charge is 0.417 e. The number of H-pyrrole nitrogens is 1. The summed E-state index contributed by atoms with van der Waals surface area (Å²) in [5.74, 6) is -2.91. The van der Waals surface area contributed by atoms with Gasteiger partial charge in [-0.1, -0.05) is 31.0 Å². The number of aromatic amines is 1. The van der Waals surface area contributed by atoms with E-state index in [1.54, 1.807) is 9.58 Å². The van der Waals surface area contributed by atoms with Crippen LogP contribution >= 0.6 is 0 Å². The van der Waals surface area contributed by atoms with Crippen molar-refractivity contribution in [3.8, 4) is 11.3 Å². The summed E-state index contributed by atoms with van der Waals surface area (Å²) in [6, 6.07) is 6.03. The fourth-order valence-electron chi connectivity index (χ4n) is 5.65. The predicted molar refractivity (Wildman–Crippen MR) is 135 cm³/mol. The van der Waals surface area contributed by atoms with Gasteiger partial charge in [0.15, 0.2) is 5.69 Å². The van der Waals surface area contributed by atoms with E-state index in [4.69, 9.17) is 0 Å². The van der Waals surface area contributed by atoms with E-state index in [9.17, 15) is 26.7 Å². The van der Waals surface area contributed by atoms with E-state index in [1.807, 2.05) is 0 Å². The Morgan fingerprint density at radius 2 is 1.95 bits per heavy atom. The molecule has 1 aromatic carbocycles. The first kappa shape index (κ1) is 28.1. The van der Waals surface area contributed by atoms with Crippen LogP contribution in [0.1, 0.15) is 72.9 Å². The van der Waals surface area contributed by atoms with Crippen LogP contribution in [0.15, 0.2) is 30.3 Å². The second-order valence-electron chi connectivity index (χ2n) is 10.6. The molecule has 9 nitrogen and oxygen atoms in total. The smallest absolute Gasteiger partial charge is 0.347 e. The van der Waals surface area contributed by atoms with Gasteiger partial charge in [-0.15, -0.1) is 5.10 Å². The van der Waals surface area contributed by atoms with Gasteiger partial charge in [0.1, 0.15) is 5.82 Å². The molecule has 3 heterocycles. The predicted octanol–water partition coefficient (Wildman–Crippen LogP) is 4.66. The number of tetrazole rings is 1. The molecular formula is C26H31F5N8O. The number of aromatic nitrogens is 6. The van der Waals surface area contributed by atoms with E-state index in [0.717, 1.165) is 31.7 Å². The topological polar surface area (TPSA) is 105 Å². The minimum atomic E-state index is -4.58. The lowest BCUT2D eigenvalue weighted by molar-refractivity contribution is -0.137. The van der Waals surface area contributed by atoms with E-state index in [-0.39, 0.29) is 42.4 Å². The van der Waals surface area contributed by atoms with Gasteiger partial charge in [-0.25, -0.2) is 13.9 Å². The Morgan fingerprint density at radius 3 is 2.65 bits per heavy atom. The summed E-state index contributed by atoms with van der Waals surface area (Å²) in [6.45, 7) is 0.516. The van der Waals surface area contributed by atoms with Crippen molar-refractivity contribution in [2.75, 3.05) is 19.6 Å². The zero-order chi connectivity index (χ0) is 28.3. The van der Waals surface area contributed by atoms with Crippen molar-refractivity contribution in [2.45, 2.75) is 75.5 Å². The summed E-state index contributed by atoms with van der Waals surface area (Å²) in [6.07, 6.45) is -0.411. The zero-order valence-corrected chi connectivity index (χ0v) is 21.8. The molecular weight excluding hydrogens is 535 g/mol. The van der Waals surface area contributed by atoms with Gasteiger partial charge in [0.2, 0.25) is 0 Å². The number of benzene rings is 1. The van der Waals surface area contributed by atoms with Gasteiger partial charge in [0.25, 0.3) is 11.8 Å². The number of hydrogen-bond acceptors (Lipinski definition) is 6. The van der Waals surface area contributed by atoms with Crippen LogP contribution in [0.25, 0.3) is 11.3 Å². The van der Waals surface area contributed by atoms with E-state index >= 15 is 0 Å². The maximum atomic E-state index is 13.9. The van der Waals surface area contributed by atoms with Gasteiger partial charge < -0.3 is 5.32 Å². The van der Waals surface area contributed by atoms with Gasteiger partial charge in [0, 0.05) is 31.0 Å². The normalized spacial score (nSPS) is 19.1. The fourth-order valence-corrected chi connectivity index (χ4v) is 5.65. The summed E-state index contributed by atoms with van der Waals surface area (Å²) in [4.78, 5) is 15.1. The van der Waals surface area contributed by atoms with E-state index < -0.39 is 29.6 Å². The average Bonchev–Trinajstić information content (AvgIpc) is 3.68. The van der Waals surface area contributed by atoms with Gasteiger partial charge in [-0.2, -0.15) is 18.3 Å². The van der Waals surface area contributed by atoms with Crippen LogP contribution in [-0.2, 0) is 12.6 Å². The van der Waals surface area contributed by atoms with Crippen LogP contribution in [-0.4, -0.2) is 72.8 Å². The SMILES string of the molecule is O=C(N[C@@H](CCN1CCCC(F)(F)C1)Cc1nnn[nH]1)c1cc(-c2ccccc2C(F)(F)F)n(C2CCCC2)n1. The summed E-state index contributed by atoms with van der Waals surface area (Å²) in [5.41, 5.74) is -0.612. The Balaban J connectivity index is 1.39. The Bertz CT molecular complexity index is 1290. The van der Waals surface area contributed by atoms with Crippen LogP contribution in [0.5, 0.6) is 0 Å². The lowest BCUT2D eigenvalue weighted by atomic mass is 10.0. The molecule has 1 saturated carbocycles. The first-order chi connectivity index (χ1) is 19.1. The number of hydrogen-bond donors (Lipinski definition) is 2. The van der Waals surface area contributed by atoms with Crippen molar-refractivity contribution in [3.05, 3.63) is 47.4 Å². The highest BCUT2D eigenvalue weighted by Crippen LogP contribution is 2.40. The zero-order valence-electron chi connectivity index (χ0n) is 21.8. The fraction of sp³-hybridized carbons (Fsp3) is 0.577. The maximum Gasteiger partial charge on any atom is 0.417 e. The highest BCUT2D eigenvalue weighted by atomic mass is 19.4. The van der Waals surface area contributed by atoms with Crippen molar-refractivity contribution >= 4 is 5.91 Å². The molecule has 2 N–H and O–H groups in total. The molecule has 1 atom stereocenters. The number of halogens is 5. The van der Waals surface area contributed by atoms with Crippen molar-refractivity contribution < 1.29 is 26.7 Å². The number of carbonyl (C=O) groups is 1. The Labute approximate surface area is 227 Å². The Hall–Kier alpha value is -3.42. The first-order valence-corrected chi connectivity index (χ1v) is 13.5. The highest BCUT2D eigenvalue weighted by molar-refractivity contribution is 5.93. The molecule has 2 fully saturated rings. The lowest BCUT2D eigenvalue weighted by Gasteiger charge is -2.33. The number of piperidine rings is 1. The van der Waals surface area contributed by atoms with Gasteiger partial charge >= 0.3 is 6.18 Å². The third-order valence-electron chi connectivity index (χ3n) is 7.58. The highest BCUT2D eigenvalue weighted by Gasteiger charge is 2.36. The first-order valence-electron chi connectivity index (χ1n) is 13.5. The van der Waals surface area contributed by atoms with Crippen LogP contribution in [0.3, 0.4) is 0 Å². The van der Waals surface area contributed by atoms with E-state index in [1.165, 1.54) is 24.3 Å². The molecule has 0 unspecified atom stereocenters. The number of nitrogens with zero attached hydrogens (tertiary/aromatic N) is 6. The number of alkyl halides is 5. The summed E-state index contributed by atoms with van der Waals surface area (Å²) in [7, 11) is 0. The van der Waals surface area contributed by atoms with Crippen molar-refractivity contribution in [1.82, 2.24) is 40.6 Å². The molecule has 0 bridgehead atoms.